The lowest BCUT2D eigenvalue weighted by atomic mass is 10.0. The molecule has 0 saturated carbocycles. The van der Waals surface area contributed by atoms with Gasteiger partial charge in [0.15, 0.2) is 0 Å². The molecular formula is C15H16N2O3. The quantitative estimate of drug-likeness (QED) is 0.608. The molecule has 5 nitrogen and oxygen atoms in total. The van der Waals surface area contributed by atoms with Crippen LogP contribution < -0.4 is 0 Å². The largest absolute Gasteiger partial charge is 0.333 e. The molecule has 4 amide bonds. The number of barbiturate groups is 1. The monoisotopic (exact) mass is 272 g/mol. The third-order valence-electron chi connectivity index (χ3n) is 3.34. The van der Waals surface area contributed by atoms with Crippen LogP contribution in [0.3, 0.4) is 0 Å². The molecule has 5 heteroatoms. The number of hydrogen-bond acceptors (Lipinski definition) is 3. The van der Waals surface area contributed by atoms with Crippen molar-refractivity contribution in [1.29, 1.82) is 0 Å². The van der Waals surface area contributed by atoms with Crippen LogP contribution in [0.5, 0.6) is 0 Å². The van der Waals surface area contributed by atoms with Crippen LogP contribution in [0.4, 0.5) is 4.79 Å². The summed E-state index contributed by atoms with van der Waals surface area (Å²) in [7, 11) is 2.73. The Hall–Kier alpha value is -2.43. The van der Waals surface area contributed by atoms with E-state index < -0.39 is 17.8 Å². The summed E-state index contributed by atoms with van der Waals surface area (Å²) in [5.41, 5.74) is 1.94. The Morgan fingerprint density at radius 3 is 1.90 bits per heavy atom. The number of nitrogens with zero attached hydrogens (tertiary/aromatic N) is 2. The smallest absolute Gasteiger partial charge is 0.268 e. The maximum Gasteiger partial charge on any atom is 0.333 e. The molecule has 0 radical (unpaired) electrons. The number of urea groups is 1. The Bertz CT molecular complexity index is 576. The van der Waals surface area contributed by atoms with E-state index in [0.29, 0.717) is 0 Å². The predicted octanol–water partition coefficient (Wildman–Crippen LogP) is 1.68. The predicted molar refractivity (Wildman–Crippen MR) is 74.7 cm³/mol. The second-order valence-corrected chi connectivity index (χ2v) is 4.66. The lowest BCUT2D eigenvalue weighted by Crippen LogP contribution is -2.52. The highest BCUT2D eigenvalue weighted by molar-refractivity contribution is 6.30. The second kappa shape index (κ2) is 5.28. The first-order valence-corrected chi connectivity index (χ1v) is 6.36. The second-order valence-electron chi connectivity index (χ2n) is 4.66. The third-order valence-corrected chi connectivity index (χ3v) is 3.34. The van der Waals surface area contributed by atoms with Crippen LogP contribution in [-0.2, 0) is 16.0 Å². The van der Waals surface area contributed by atoms with Crippen LogP contribution in [0.1, 0.15) is 18.1 Å². The average Bonchev–Trinajstić information content (AvgIpc) is 2.48. The normalized spacial score (nSPS) is 15.9. The van der Waals surface area contributed by atoms with E-state index in [1.807, 2.05) is 24.3 Å². The molecule has 1 aromatic carbocycles. The number of imide groups is 2. The number of carbonyl (C=O) groups is 3. The number of benzene rings is 1. The molecule has 0 spiro atoms. The molecule has 0 N–H and O–H groups in total. The summed E-state index contributed by atoms with van der Waals surface area (Å²) in [4.78, 5) is 37.5. The summed E-state index contributed by atoms with van der Waals surface area (Å²) < 4.78 is 0. The zero-order valence-corrected chi connectivity index (χ0v) is 11.7. The maximum atomic E-state index is 12.0. The van der Waals surface area contributed by atoms with Crippen molar-refractivity contribution >= 4 is 23.9 Å². The van der Waals surface area contributed by atoms with E-state index >= 15 is 0 Å². The van der Waals surface area contributed by atoms with E-state index in [0.717, 1.165) is 21.8 Å². The molecule has 0 aromatic heterocycles. The molecule has 0 aliphatic carbocycles. The van der Waals surface area contributed by atoms with Crippen molar-refractivity contribution in [2.24, 2.45) is 0 Å². The molecular weight excluding hydrogens is 256 g/mol. The van der Waals surface area contributed by atoms with Gasteiger partial charge >= 0.3 is 6.03 Å². The fourth-order valence-corrected chi connectivity index (χ4v) is 1.99. The van der Waals surface area contributed by atoms with Crippen molar-refractivity contribution in [3.8, 4) is 0 Å². The van der Waals surface area contributed by atoms with E-state index in [1.165, 1.54) is 25.7 Å². The highest BCUT2D eigenvalue weighted by atomic mass is 16.2. The zero-order valence-electron chi connectivity index (χ0n) is 11.7. The molecule has 1 fully saturated rings. The molecule has 1 aliphatic rings. The van der Waals surface area contributed by atoms with Gasteiger partial charge in [-0.2, -0.15) is 0 Å². The van der Waals surface area contributed by atoms with Gasteiger partial charge in [0, 0.05) is 14.1 Å². The molecule has 0 bridgehead atoms. The minimum absolute atomic E-state index is 0.00107. The Morgan fingerprint density at radius 1 is 0.950 bits per heavy atom. The van der Waals surface area contributed by atoms with Crippen LogP contribution in [0.2, 0.25) is 0 Å². The fraction of sp³-hybridized carbons (Fsp3) is 0.267. The standard InChI is InChI=1S/C15H16N2O3/c1-4-10-5-7-11(8-6-10)9-12-13(18)16(2)15(20)17(3)14(12)19/h5-9H,4H2,1-3H3. The van der Waals surface area contributed by atoms with Gasteiger partial charge in [-0.15, -0.1) is 0 Å². The first-order valence-electron chi connectivity index (χ1n) is 6.36. The minimum Gasteiger partial charge on any atom is -0.268 e. The molecule has 1 heterocycles. The van der Waals surface area contributed by atoms with Crippen molar-refractivity contribution in [1.82, 2.24) is 9.80 Å². The van der Waals surface area contributed by atoms with Gasteiger partial charge < -0.3 is 0 Å². The summed E-state index contributed by atoms with van der Waals surface area (Å²) in [5, 5.41) is 0. The third kappa shape index (κ3) is 2.34. The number of carbonyl (C=O) groups excluding carboxylic acids is 3. The summed E-state index contributed by atoms with van der Waals surface area (Å²) >= 11 is 0. The Morgan fingerprint density at radius 2 is 1.45 bits per heavy atom. The summed E-state index contributed by atoms with van der Waals surface area (Å²) in [6.07, 6.45) is 2.44. The van der Waals surface area contributed by atoms with E-state index in [2.05, 4.69) is 6.92 Å². The Balaban J connectivity index is 2.38. The molecule has 104 valence electrons. The van der Waals surface area contributed by atoms with Gasteiger partial charge in [0.2, 0.25) is 0 Å². The summed E-state index contributed by atoms with van der Waals surface area (Å²) in [6, 6.07) is 6.98. The fourth-order valence-electron chi connectivity index (χ4n) is 1.99. The van der Waals surface area contributed by atoms with Gasteiger partial charge in [-0.1, -0.05) is 31.2 Å². The van der Waals surface area contributed by atoms with Crippen LogP contribution >= 0.6 is 0 Å². The van der Waals surface area contributed by atoms with Crippen LogP contribution in [0.25, 0.3) is 6.08 Å². The van der Waals surface area contributed by atoms with E-state index in [9.17, 15) is 14.4 Å². The number of likely N-dealkylation sites (N-methyl/N-ethyl adjacent to an activating group) is 2. The highest BCUT2D eigenvalue weighted by Gasteiger charge is 2.37. The van der Waals surface area contributed by atoms with Gasteiger partial charge in [-0.3, -0.25) is 19.4 Å². The molecule has 1 saturated heterocycles. The molecule has 0 unspecified atom stereocenters. The molecule has 0 atom stereocenters. The van der Waals surface area contributed by atoms with Crippen molar-refractivity contribution < 1.29 is 14.4 Å². The SMILES string of the molecule is CCc1ccc(C=C2C(=O)N(C)C(=O)N(C)C2=O)cc1. The lowest BCUT2D eigenvalue weighted by molar-refractivity contribution is -0.134. The van der Waals surface area contributed by atoms with Gasteiger partial charge in [0.1, 0.15) is 5.57 Å². The van der Waals surface area contributed by atoms with Gasteiger partial charge in [0.25, 0.3) is 11.8 Å². The van der Waals surface area contributed by atoms with E-state index in [4.69, 9.17) is 0 Å². The van der Waals surface area contributed by atoms with Gasteiger partial charge in [-0.25, -0.2) is 4.79 Å². The topological polar surface area (TPSA) is 57.7 Å². The lowest BCUT2D eigenvalue weighted by Gasteiger charge is -2.28. The van der Waals surface area contributed by atoms with Crippen molar-refractivity contribution in [3.63, 3.8) is 0 Å². The highest BCUT2D eigenvalue weighted by Crippen LogP contribution is 2.18. The number of amides is 4. The van der Waals surface area contributed by atoms with E-state index in [-0.39, 0.29) is 5.57 Å². The number of aryl methyl sites for hydroxylation is 1. The Kier molecular flexibility index (Phi) is 3.70. The van der Waals surface area contributed by atoms with E-state index in [1.54, 1.807) is 0 Å². The first-order chi connectivity index (χ1) is 9.45. The first kappa shape index (κ1) is 14.0. The van der Waals surface area contributed by atoms with Crippen LogP contribution in [0.15, 0.2) is 29.8 Å². The average molecular weight is 272 g/mol. The number of rotatable bonds is 2. The summed E-state index contributed by atoms with van der Waals surface area (Å²) in [6.45, 7) is 2.05. The van der Waals surface area contributed by atoms with Crippen molar-refractivity contribution in [3.05, 3.63) is 41.0 Å². The minimum atomic E-state index is -0.613. The molecule has 2 rings (SSSR count). The van der Waals surface area contributed by atoms with Crippen LogP contribution in [0, 0.1) is 0 Å². The van der Waals surface area contributed by atoms with Crippen LogP contribution in [-0.4, -0.2) is 41.7 Å². The van der Waals surface area contributed by atoms with Gasteiger partial charge in [-0.05, 0) is 23.6 Å². The van der Waals surface area contributed by atoms with Crippen molar-refractivity contribution in [2.75, 3.05) is 14.1 Å². The molecule has 20 heavy (non-hydrogen) atoms. The Labute approximate surface area is 117 Å². The summed E-state index contributed by atoms with van der Waals surface area (Å²) in [5.74, 6) is -1.14. The van der Waals surface area contributed by atoms with Gasteiger partial charge in [0.05, 0.1) is 0 Å². The zero-order chi connectivity index (χ0) is 14.9. The molecule has 1 aliphatic heterocycles. The van der Waals surface area contributed by atoms with Crippen molar-refractivity contribution in [2.45, 2.75) is 13.3 Å². The molecule has 1 aromatic rings. The maximum absolute atomic E-state index is 12.0. The number of hydrogen-bond donors (Lipinski definition) is 0.